The molecular formula is C12H15O2. The van der Waals surface area contributed by atoms with Crippen LogP contribution in [0.2, 0.25) is 0 Å². The Bertz CT molecular complexity index is 301. The Balaban J connectivity index is 2.70. The van der Waals surface area contributed by atoms with E-state index in [1.54, 1.807) is 0 Å². The molecule has 75 valence electrons. The summed E-state index contributed by atoms with van der Waals surface area (Å²) in [4.78, 5) is 10.4. The molecule has 0 aliphatic carbocycles. The third kappa shape index (κ3) is 2.87. The Morgan fingerprint density at radius 2 is 2.00 bits per heavy atom. The van der Waals surface area contributed by atoms with Gasteiger partial charge in [-0.25, -0.2) is 0 Å². The van der Waals surface area contributed by atoms with E-state index >= 15 is 0 Å². The number of carboxylic acids is 1. The highest BCUT2D eigenvalue weighted by molar-refractivity contribution is 5.66. The molecule has 1 unspecified atom stereocenters. The van der Waals surface area contributed by atoms with Gasteiger partial charge < -0.3 is 5.11 Å². The zero-order valence-corrected chi connectivity index (χ0v) is 8.36. The molecule has 1 aromatic carbocycles. The van der Waals surface area contributed by atoms with Gasteiger partial charge >= 0.3 is 5.97 Å². The normalized spacial score (nSPS) is 11.3. The Morgan fingerprint density at radius 1 is 1.43 bits per heavy atom. The van der Waals surface area contributed by atoms with E-state index in [2.05, 4.69) is 6.92 Å². The van der Waals surface area contributed by atoms with Crippen molar-refractivity contribution < 1.29 is 9.90 Å². The molecule has 1 N–H and O–H groups in total. The van der Waals surface area contributed by atoms with E-state index in [4.69, 9.17) is 5.11 Å². The van der Waals surface area contributed by atoms with Gasteiger partial charge in [0.2, 0.25) is 0 Å². The van der Waals surface area contributed by atoms with Crippen LogP contribution in [0.1, 0.15) is 25.3 Å². The van der Waals surface area contributed by atoms with Gasteiger partial charge in [0.15, 0.2) is 0 Å². The van der Waals surface area contributed by atoms with Gasteiger partial charge in [0.1, 0.15) is 0 Å². The molecule has 0 bridgehead atoms. The van der Waals surface area contributed by atoms with Crippen molar-refractivity contribution in [2.75, 3.05) is 0 Å². The molecule has 0 saturated carbocycles. The smallest absolute Gasteiger partial charge is 0.303 e. The maximum Gasteiger partial charge on any atom is 0.303 e. The molecule has 0 spiro atoms. The molecule has 14 heavy (non-hydrogen) atoms. The topological polar surface area (TPSA) is 37.3 Å². The minimum Gasteiger partial charge on any atom is -0.481 e. The Labute approximate surface area is 84.6 Å². The zero-order valence-electron chi connectivity index (χ0n) is 8.36. The van der Waals surface area contributed by atoms with Crippen molar-refractivity contribution >= 4 is 5.97 Å². The van der Waals surface area contributed by atoms with Crippen LogP contribution in [0.25, 0.3) is 0 Å². The van der Waals surface area contributed by atoms with E-state index in [0.29, 0.717) is 6.42 Å². The largest absolute Gasteiger partial charge is 0.481 e. The summed E-state index contributed by atoms with van der Waals surface area (Å²) in [5.74, 6) is -0.768. The molecule has 1 atom stereocenters. The fraction of sp³-hybridized carbons (Fsp3) is 0.333. The number of rotatable bonds is 4. The summed E-state index contributed by atoms with van der Waals surface area (Å²) in [5, 5.41) is 8.60. The SMILES string of the molecule is [CH2]C(C)(CCC(=O)O)c1ccccc1. The van der Waals surface area contributed by atoms with Crippen molar-refractivity contribution in [3.8, 4) is 0 Å². The minimum atomic E-state index is -0.768. The monoisotopic (exact) mass is 191 g/mol. The van der Waals surface area contributed by atoms with Crippen LogP contribution < -0.4 is 0 Å². The summed E-state index contributed by atoms with van der Waals surface area (Å²) in [6, 6.07) is 9.79. The molecule has 0 aliphatic rings. The van der Waals surface area contributed by atoms with Gasteiger partial charge in [-0.1, -0.05) is 37.3 Å². The molecule has 1 aromatic rings. The van der Waals surface area contributed by atoms with Crippen molar-refractivity contribution in [3.05, 3.63) is 42.8 Å². The van der Waals surface area contributed by atoms with Gasteiger partial charge in [0.25, 0.3) is 0 Å². The second-order valence-electron chi connectivity index (χ2n) is 3.82. The Morgan fingerprint density at radius 3 is 2.50 bits per heavy atom. The van der Waals surface area contributed by atoms with Crippen molar-refractivity contribution in [2.24, 2.45) is 0 Å². The molecule has 1 rings (SSSR count). The predicted octanol–water partition coefficient (Wildman–Crippen LogP) is 2.64. The number of hydrogen-bond donors (Lipinski definition) is 1. The van der Waals surface area contributed by atoms with Gasteiger partial charge in [-0.05, 0) is 24.3 Å². The molecule has 0 fully saturated rings. The summed E-state index contributed by atoms with van der Waals surface area (Å²) >= 11 is 0. The highest BCUT2D eigenvalue weighted by Crippen LogP contribution is 2.27. The number of benzene rings is 1. The Kier molecular flexibility index (Phi) is 3.28. The fourth-order valence-corrected chi connectivity index (χ4v) is 1.37. The lowest BCUT2D eigenvalue weighted by Gasteiger charge is -2.24. The van der Waals surface area contributed by atoms with Crippen molar-refractivity contribution in [3.63, 3.8) is 0 Å². The third-order valence-electron chi connectivity index (χ3n) is 2.36. The first-order valence-corrected chi connectivity index (χ1v) is 4.65. The molecule has 0 heterocycles. The van der Waals surface area contributed by atoms with Crippen molar-refractivity contribution in [2.45, 2.75) is 25.2 Å². The lowest BCUT2D eigenvalue weighted by molar-refractivity contribution is -0.137. The van der Waals surface area contributed by atoms with Crippen LogP contribution in [-0.4, -0.2) is 11.1 Å². The van der Waals surface area contributed by atoms with E-state index in [1.165, 1.54) is 0 Å². The van der Waals surface area contributed by atoms with E-state index in [9.17, 15) is 4.79 Å². The number of carboxylic acid groups (broad SMARTS) is 1. The van der Waals surface area contributed by atoms with E-state index in [-0.39, 0.29) is 11.8 Å². The molecule has 0 aromatic heterocycles. The Hall–Kier alpha value is -1.31. The third-order valence-corrected chi connectivity index (χ3v) is 2.36. The number of carbonyl (C=O) groups is 1. The first kappa shape index (κ1) is 10.8. The zero-order chi connectivity index (χ0) is 10.6. The summed E-state index contributed by atoms with van der Waals surface area (Å²) in [6.07, 6.45) is 0.723. The van der Waals surface area contributed by atoms with Crippen LogP contribution in [0.4, 0.5) is 0 Å². The van der Waals surface area contributed by atoms with Crippen LogP contribution in [-0.2, 0) is 10.2 Å². The summed E-state index contributed by atoms with van der Waals surface area (Å²) < 4.78 is 0. The van der Waals surface area contributed by atoms with E-state index < -0.39 is 5.97 Å². The van der Waals surface area contributed by atoms with Crippen LogP contribution >= 0.6 is 0 Å². The van der Waals surface area contributed by atoms with Gasteiger partial charge in [-0.15, -0.1) is 0 Å². The van der Waals surface area contributed by atoms with Gasteiger partial charge in [0, 0.05) is 6.42 Å². The van der Waals surface area contributed by atoms with Crippen molar-refractivity contribution in [1.82, 2.24) is 0 Å². The van der Waals surface area contributed by atoms with Crippen LogP contribution in [0, 0.1) is 6.92 Å². The van der Waals surface area contributed by atoms with E-state index in [0.717, 1.165) is 5.56 Å². The van der Waals surface area contributed by atoms with Gasteiger partial charge in [-0.2, -0.15) is 0 Å². The average Bonchev–Trinajstić information content (AvgIpc) is 2.16. The fourth-order valence-electron chi connectivity index (χ4n) is 1.37. The first-order valence-electron chi connectivity index (χ1n) is 4.65. The molecule has 1 radical (unpaired) electrons. The maximum atomic E-state index is 10.4. The second-order valence-corrected chi connectivity index (χ2v) is 3.82. The van der Waals surface area contributed by atoms with Crippen LogP contribution in [0.15, 0.2) is 30.3 Å². The lowest BCUT2D eigenvalue weighted by Crippen LogP contribution is -2.18. The van der Waals surface area contributed by atoms with Gasteiger partial charge in [0.05, 0.1) is 0 Å². The molecular weight excluding hydrogens is 176 g/mol. The number of hydrogen-bond acceptors (Lipinski definition) is 1. The molecule has 0 aliphatic heterocycles. The molecule has 0 saturated heterocycles. The maximum absolute atomic E-state index is 10.4. The quantitative estimate of drug-likeness (QED) is 0.794. The predicted molar refractivity (Wildman–Crippen MR) is 56.0 cm³/mol. The minimum absolute atomic E-state index is 0.162. The summed E-state index contributed by atoms with van der Waals surface area (Å²) in [6.45, 7) is 6.01. The highest BCUT2D eigenvalue weighted by atomic mass is 16.4. The first-order chi connectivity index (χ1) is 6.52. The lowest BCUT2D eigenvalue weighted by atomic mass is 9.81. The summed E-state index contributed by atoms with van der Waals surface area (Å²) in [5.41, 5.74) is 0.779. The highest BCUT2D eigenvalue weighted by Gasteiger charge is 2.21. The average molecular weight is 191 g/mol. The van der Waals surface area contributed by atoms with Crippen LogP contribution in [0.5, 0.6) is 0 Å². The molecule has 2 heteroatoms. The van der Waals surface area contributed by atoms with E-state index in [1.807, 2.05) is 37.3 Å². The number of aliphatic carboxylic acids is 1. The second kappa shape index (κ2) is 4.27. The standard InChI is InChI=1S/C12H15O2/c1-12(2,9-8-11(13)14)10-6-4-3-5-7-10/h3-7H,1,8-9H2,2H3,(H,13,14). The van der Waals surface area contributed by atoms with Crippen LogP contribution in [0.3, 0.4) is 0 Å². The van der Waals surface area contributed by atoms with Gasteiger partial charge in [-0.3, -0.25) is 4.79 Å². The van der Waals surface area contributed by atoms with Crippen molar-refractivity contribution in [1.29, 1.82) is 0 Å². The summed E-state index contributed by atoms with van der Waals surface area (Å²) in [7, 11) is 0. The molecule has 0 amide bonds. The molecule has 2 nitrogen and oxygen atoms in total.